The van der Waals surface area contributed by atoms with Crippen molar-refractivity contribution in [3.05, 3.63) is 24.3 Å². The minimum absolute atomic E-state index is 0.146. The molecule has 0 saturated heterocycles. The first-order chi connectivity index (χ1) is 9.63. The van der Waals surface area contributed by atoms with Gasteiger partial charge < -0.3 is 21.7 Å². The number of amides is 2. The monoisotopic (exact) mass is 292 g/mol. The third-order valence-corrected chi connectivity index (χ3v) is 3.45. The fourth-order valence-electron chi connectivity index (χ4n) is 2.38. The molecule has 1 aromatic rings. The lowest BCUT2D eigenvalue weighted by Gasteiger charge is -2.22. The highest BCUT2D eigenvalue weighted by atomic mass is 32.1. The average molecular weight is 292 g/mol. The van der Waals surface area contributed by atoms with E-state index in [1.807, 2.05) is 12.1 Å². The first-order valence-corrected chi connectivity index (χ1v) is 7.28. The van der Waals surface area contributed by atoms with Gasteiger partial charge in [-0.3, -0.25) is 0 Å². The summed E-state index contributed by atoms with van der Waals surface area (Å²) in [5, 5.41) is 8.89. The van der Waals surface area contributed by atoms with E-state index in [0.717, 1.165) is 24.2 Å². The molecule has 0 aliphatic heterocycles. The molecule has 1 fully saturated rings. The van der Waals surface area contributed by atoms with Gasteiger partial charge >= 0.3 is 6.03 Å². The van der Waals surface area contributed by atoms with Crippen molar-refractivity contribution in [2.75, 3.05) is 10.6 Å². The van der Waals surface area contributed by atoms with Crippen molar-refractivity contribution < 1.29 is 4.79 Å². The predicted octanol–water partition coefficient (Wildman–Crippen LogP) is 2.80. The van der Waals surface area contributed by atoms with Crippen LogP contribution in [0.15, 0.2) is 24.3 Å². The van der Waals surface area contributed by atoms with Crippen LogP contribution < -0.4 is 21.7 Å². The van der Waals surface area contributed by atoms with Gasteiger partial charge in [0, 0.05) is 17.4 Å². The zero-order valence-electron chi connectivity index (χ0n) is 11.3. The Morgan fingerprint density at radius 1 is 1.05 bits per heavy atom. The van der Waals surface area contributed by atoms with Crippen molar-refractivity contribution in [2.45, 2.75) is 38.1 Å². The molecular weight excluding hydrogens is 272 g/mol. The van der Waals surface area contributed by atoms with Crippen LogP contribution in [0.2, 0.25) is 0 Å². The van der Waals surface area contributed by atoms with Gasteiger partial charge in [0.15, 0.2) is 5.11 Å². The number of carbonyl (C=O) groups excluding carboxylic acids is 1. The van der Waals surface area contributed by atoms with Crippen molar-refractivity contribution in [1.29, 1.82) is 0 Å². The molecule has 0 heterocycles. The van der Waals surface area contributed by atoms with Gasteiger partial charge in [-0.25, -0.2) is 4.79 Å². The normalized spacial score (nSPS) is 15.4. The Bertz CT molecular complexity index is 469. The number of thiocarbonyl (C=S) groups is 1. The SMILES string of the molecule is NC(=S)Nc1ccc(NC(=O)NC2CCCCC2)cc1. The zero-order chi connectivity index (χ0) is 14.4. The molecule has 0 radical (unpaired) electrons. The van der Waals surface area contributed by atoms with Gasteiger partial charge in [0.1, 0.15) is 0 Å². The summed E-state index contributed by atoms with van der Waals surface area (Å²) in [4.78, 5) is 11.9. The van der Waals surface area contributed by atoms with E-state index >= 15 is 0 Å². The highest BCUT2D eigenvalue weighted by Crippen LogP contribution is 2.18. The summed E-state index contributed by atoms with van der Waals surface area (Å²) in [5.41, 5.74) is 6.93. The molecule has 0 aromatic heterocycles. The van der Waals surface area contributed by atoms with E-state index in [1.165, 1.54) is 19.3 Å². The first kappa shape index (κ1) is 14.6. The van der Waals surface area contributed by atoms with Crippen LogP contribution in [0, 0.1) is 0 Å². The van der Waals surface area contributed by atoms with Crippen molar-refractivity contribution >= 4 is 34.7 Å². The van der Waals surface area contributed by atoms with E-state index in [0.29, 0.717) is 6.04 Å². The molecule has 1 aliphatic rings. The summed E-state index contributed by atoms with van der Waals surface area (Å²) >= 11 is 4.76. The van der Waals surface area contributed by atoms with Crippen molar-refractivity contribution in [3.63, 3.8) is 0 Å². The summed E-state index contributed by atoms with van der Waals surface area (Å²) in [6, 6.07) is 7.40. The highest BCUT2D eigenvalue weighted by Gasteiger charge is 2.15. The number of hydrogen-bond donors (Lipinski definition) is 4. The molecule has 2 amide bonds. The second kappa shape index (κ2) is 7.09. The molecule has 0 unspecified atom stereocenters. The maximum atomic E-state index is 11.9. The van der Waals surface area contributed by atoms with Gasteiger partial charge in [0.2, 0.25) is 0 Å². The van der Waals surface area contributed by atoms with Gasteiger partial charge in [-0.2, -0.15) is 0 Å². The minimum Gasteiger partial charge on any atom is -0.376 e. The summed E-state index contributed by atoms with van der Waals surface area (Å²) in [6.07, 6.45) is 5.82. The van der Waals surface area contributed by atoms with Crippen LogP contribution in [0.1, 0.15) is 32.1 Å². The Kier molecular flexibility index (Phi) is 5.17. The van der Waals surface area contributed by atoms with Crippen molar-refractivity contribution in [2.24, 2.45) is 5.73 Å². The molecule has 5 nitrogen and oxygen atoms in total. The number of carbonyl (C=O) groups is 1. The average Bonchev–Trinajstić information content (AvgIpc) is 2.41. The third kappa shape index (κ3) is 4.70. The molecule has 1 aliphatic carbocycles. The maximum absolute atomic E-state index is 11.9. The Balaban J connectivity index is 1.82. The van der Waals surface area contributed by atoms with Crippen molar-refractivity contribution in [3.8, 4) is 0 Å². The Labute approximate surface area is 124 Å². The predicted molar refractivity (Wildman–Crippen MR) is 85.9 cm³/mol. The summed E-state index contributed by atoms with van der Waals surface area (Å²) in [7, 11) is 0. The molecule has 0 spiro atoms. The molecule has 108 valence electrons. The second-order valence-electron chi connectivity index (χ2n) is 5.00. The van der Waals surface area contributed by atoms with Crippen LogP contribution in [0.3, 0.4) is 0 Å². The molecule has 6 heteroatoms. The van der Waals surface area contributed by atoms with Crippen LogP contribution in [-0.2, 0) is 0 Å². The van der Waals surface area contributed by atoms with Crippen LogP contribution in [0.5, 0.6) is 0 Å². The summed E-state index contributed by atoms with van der Waals surface area (Å²) in [5.74, 6) is 0. The van der Waals surface area contributed by atoms with Crippen molar-refractivity contribution in [1.82, 2.24) is 5.32 Å². The zero-order valence-corrected chi connectivity index (χ0v) is 12.1. The van der Waals surface area contributed by atoms with Crippen LogP contribution in [0.25, 0.3) is 0 Å². The fraction of sp³-hybridized carbons (Fsp3) is 0.429. The molecule has 20 heavy (non-hydrogen) atoms. The molecule has 2 rings (SSSR count). The van der Waals surface area contributed by atoms with Gasteiger partial charge in [0.05, 0.1) is 0 Å². The molecule has 1 saturated carbocycles. The maximum Gasteiger partial charge on any atom is 0.319 e. The number of rotatable bonds is 3. The van der Waals surface area contributed by atoms with E-state index < -0.39 is 0 Å². The number of urea groups is 1. The van der Waals surface area contributed by atoms with Gasteiger partial charge in [-0.05, 0) is 49.3 Å². The summed E-state index contributed by atoms with van der Waals surface area (Å²) in [6.45, 7) is 0. The Morgan fingerprint density at radius 2 is 1.60 bits per heavy atom. The van der Waals surface area contributed by atoms with E-state index in [2.05, 4.69) is 16.0 Å². The molecule has 5 N–H and O–H groups in total. The first-order valence-electron chi connectivity index (χ1n) is 6.87. The largest absolute Gasteiger partial charge is 0.376 e. The molecular formula is C14H20N4OS. The Morgan fingerprint density at radius 3 is 2.15 bits per heavy atom. The topological polar surface area (TPSA) is 79.2 Å². The smallest absolute Gasteiger partial charge is 0.319 e. The second-order valence-corrected chi connectivity index (χ2v) is 5.44. The number of benzene rings is 1. The van der Waals surface area contributed by atoms with E-state index in [9.17, 15) is 4.79 Å². The number of hydrogen-bond acceptors (Lipinski definition) is 2. The van der Waals surface area contributed by atoms with E-state index in [1.54, 1.807) is 12.1 Å². The number of anilines is 2. The van der Waals surface area contributed by atoms with Crippen LogP contribution in [-0.4, -0.2) is 17.2 Å². The fourth-order valence-corrected chi connectivity index (χ4v) is 2.50. The van der Waals surface area contributed by atoms with E-state index in [-0.39, 0.29) is 11.1 Å². The lowest BCUT2D eigenvalue weighted by molar-refractivity contribution is 0.244. The Hall–Kier alpha value is -1.82. The molecule has 0 bridgehead atoms. The van der Waals surface area contributed by atoms with Gasteiger partial charge in [0.25, 0.3) is 0 Å². The van der Waals surface area contributed by atoms with Gasteiger partial charge in [-0.1, -0.05) is 19.3 Å². The van der Waals surface area contributed by atoms with Crippen LogP contribution >= 0.6 is 12.2 Å². The van der Waals surface area contributed by atoms with Crippen LogP contribution in [0.4, 0.5) is 16.2 Å². The molecule has 0 atom stereocenters. The lowest BCUT2D eigenvalue weighted by atomic mass is 9.96. The third-order valence-electron chi connectivity index (χ3n) is 3.35. The minimum atomic E-state index is -0.146. The highest BCUT2D eigenvalue weighted by molar-refractivity contribution is 7.80. The van der Waals surface area contributed by atoms with E-state index in [4.69, 9.17) is 18.0 Å². The van der Waals surface area contributed by atoms with Gasteiger partial charge in [-0.15, -0.1) is 0 Å². The quantitative estimate of drug-likeness (QED) is 0.646. The number of nitrogens with two attached hydrogens (primary N) is 1. The molecule has 1 aromatic carbocycles. The standard InChI is InChI=1S/C14H20N4OS/c15-13(20)16-11-6-8-12(9-7-11)18-14(19)17-10-4-2-1-3-5-10/h6-10H,1-5H2,(H3,15,16,20)(H2,17,18,19). The summed E-state index contributed by atoms with van der Waals surface area (Å²) < 4.78 is 0. The number of nitrogens with one attached hydrogen (secondary N) is 3. The lowest BCUT2D eigenvalue weighted by Crippen LogP contribution is -2.39.